The molecule has 0 saturated carbocycles. The lowest BCUT2D eigenvalue weighted by atomic mass is 10.2. The monoisotopic (exact) mass is 369 g/mol. The van der Waals surface area contributed by atoms with Crippen molar-refractivity contribution in [2.24, 2.45) is 0 Å². The standard InChI is InChI=1S/C15H16BrNO3S/c1-20-12-5-3-2-4-11(12)10-17(8-9-18)15(19)13-6-7-14(16)21-13/h2-7,18H,8-10H2,1H3. The fraction of sp³-hybridized carbons (Fsp3) is 0.267. The van der Waals surface area contributed by atoms with Crippen molar-refractivity contribution in [3.8, 4) is 5.75 Å². The van der Waals surface area contributed by atoms with Crippen LogP contribution in [-0.2, 0) is 6.54 Å². The van der Waals surface area contributed by atoms with Crippen LogP contribution in [0.15, 0.2) is 40.2 Å². The largest absolute Gasteiger partial charge is 0.496 e. The van der Waals surface area contributed by atoms with Gasteiger partial charge in [0.1, 0.15) is 5.75 Å². The van der Waals surface area contributed by atoms with Gasteiger partial charge >= 0.3 is 0 Å². The van der Waals surface area contributed by atoms with E-state index in [1.807, 2.05) is 30.3 Å². The molecule has 2 rings (SSSR count). The first-order valence-corrected chi connectivity index (χ1v) is 8.04. The first-order chi connectivity index (χ1) is 10.2. The van der Waals surface area contributed by atoms with Crippen molar-refractivity contribution in [2.75, 3.05) is 20.3 Å². The van der Waals surface area contributed by atoms with Crippen molar-refractivity contribution < 1.29 is 14.6 Å². The Morgan fingerprint density at radius 3 is 2.71 bits per heavy atom. The smallest absolute Gasteiger partial charge is 0.264 e. The van der Waals surface area contributed by atoms with E-state index in [0.717, 1.165) is 15.1 Å². The van der Waals surface area contributed by atoms with E-state index in [1.165, 1.54) is 11.3 Å². The van der Waals surface area contributed by atoms with Gasteiger partial charge in [0.05, 0.1) is 22.4 Å². The van der Waals surface area contributed by atoms with Gasteiger partial charge in [-0.25, -0.2) is 0 Å². The Morgan fingerprint density at radius 1 is 1.33 bits per heavy atom. The SMILES string of the molecule is COc1ccccc1CN(CCO)C(=O)c1ccc(Br)s1. The number of methoxy groups -OCH3 is 1. The normalized spacial score (nSPS) is 10.4. The van der Waals surface area contributed by atoms with Crippen molar-refractivity contribution in [2.45, 2.75) is 6.54 Å². The minimum Gasteiger partial charge on any atom is -0.496 e. The molecular weight excluding hydrogens is 354 g/mol. The maximum atomic E-state index is 12.5. The molecule has 2 aromatic rings. The third-order valence-corrected chi connectivity index (χ3v) is 4.61. The van der Waals surface area contributed by atoms with E-state index in [1.54, 1.807) is 18.1 Å². The summed E-state index contributed by atoms with van der Waals surface area (Å²) in [5.74, 6) is 0.645. The molecule has 0 radical (unpaired) electrons. The number of ether oxygens (including phenoxy) is 1. The molecule has 1 aromatic heterocycles. The summed E-state index contributed by atoms with van der Waals surface area (Å²) in [6.45, 7) is 0.610. The lowest BCUT2D eigenvalue weighted by molar-refractivity contribution is 0.0711. The van der Waals surface area contributed by atoms with Crippen LogP contribution in [0.2, 0.25) is 0 Å². The zero-order valence-corrected chi connectivity index (χ0v) is 14.0. The lowest BCUT2D eigenvalue weighted by Crippen LogP contribution is -2.32. The van der Waals surface area contributed by atoms with Crippen molar-refractivity contribution in [3.63, 3.8) is 0 Å². The molecule has 6 heteroatoms. The third-order valence-electron chi connectivity index (χ3n) is 2.99. The number of benzene rings is 1. The lowest BCUT2D eigenvalue weighted by Gasteiger charge is -2.22. The molecule has 0 bridgehead atoms. The van der Waals surface area contributed by atoms with Crippen molar-refractivity contribution >= 4 is 33.2 Å². The second kappa shape index (κ2) is 7.59. The van der Waals surface area contributed by atoms with Gasteiger partial charge in [0, 0.05) is 18.7 Å². The topological polar surface area (TPSA) is 49.8 Å². The van der Waals surface area contributed by atoms with E-state index in [0.29, 0.717) is 11.4 Å². The molecule has 112 valence electrons. The molecule has 4 nitrogen and oxygen atoms in total. The number of para-hydroxylation sites is 1. The highest BCUT2D eigenvalue weighted by molar-refractivity contribution is 9.11. The average Bonchev–Trinajstić information content (AvgIpc) is 2.93. The van der Waals surface area contributed by atoms with Crippen LogP contribution in [0.25, 0.3) is 0 Å². The molecule has 0 saturated heterocycles. The minimum atomic E-state index is -0.0920. The predicted molar refractivity (Wildman–Crippen MR) is 86.8 cm³/mol. The number of amides is 1. The molecule has 21 heavy (non-hydrogen) atoms. The van der Waals surface area contributed by atoms with Crippen LogP contribution in [0.5, 0.6) is 5.75 Å². The molecule has 1 amide bonds. The molecule has 0 spiro atoms. The van der Waals surface area contributed by atoms with Crippen LogP contribution in [0.1, 0.15) is 15.2 Å². The fourth-order valence-electron chi connectivity index (χ4n) is 2.00. The summed E-state index contributed by atoms with van der Waals surface area (Å²) in [5, 5.41) is 9.21. The third kappa shape index (κ3) is 4.06. The van der Waals surface area contributed by atoms with E-state index in [4.69, 9.17) is 4.74 Å². The molecule has 0 atom stereocenters. The van der Waals surface area contributed by atoms with Crippen molar-refractivity contribution in [1.29, 1.82) is 0 Å². The summed E-state index contributed by atoms with van der Waals surface area (Å²) in [4.78, 5) is 14.8. The number of thiophene rings is 1. The zero-order chi connectivity index (χ0) is 15.2. The van der Waals surface area contributed by atoms with Crippen LogP contribution >= 0.6 is 27.3 Å². The number of halogens is 1. The first-order valence-electron chi connectivity index (χ1n) is 6.43. The first kappa shape index (κ1) is 16.0. The Hall–Kier alpha value is -1.37. The number of hydrogen-bond acceptors (Lipinski definition) is 4. The second-order valence-corrected chi connectivity index (χ2v) is 6.83. The Kier molecular flexibility index (Phi) is 5.78. The van der Waals surface area contributed by atoms with Gasteiger partial charge in [-0.3, -0.25) is 4.79 Å². The molecule has 0 aliphatic heterocycles. The number of hydrogen-bond donors (Lipinski definition) is 1. The van der Waals surface area contributed by atoms with Gasteiger partial charge < -0.3 is 14.7 Å². The molecule has 1 N–H and O–H groups in total. The molecule has 1 aromatic carbocycles. The summed E-state index contributed by atoms with van der Waals surface area (Å²) in [6.07, 6.45) is 0. The molecular formula is C15H16BrNO3S. The molecule has 0 unspecified atom stereocenters. The number of aliphatic hydroxyl groups is 1. The minimum absolute atomic E-state index is 0.0760. The number of carbonyl (C=O) groups excluding carboxylic acids is 1. The Labute approximate surface area is 136 Å². The molecule has 1 heterocycles. The quantitative estimate of drug-likeness (QED) is 0.850. The highest BCUT2D eigenvalue weighted by Gasteiger charge is 2.18. The van der Waals surface area contributed by atoms with E-state index in [2.05, 4.69) is 15.9 Å². The van der Waals surface area contributed by atoms with E-state index >= 15 is 0 Å². The molecule has 0 aliphatic rings. The van der Waals surface area contributed by atoms with E-state index in [-0.39, 0.29) is 19.1 Å². The Balaban J connectivity index is 2.21. The maximum absolute atomic E-state index is 12.5. The van der Waals surface area contributed by atoms with Crippen molar-refractivity contribution in [3.05, 3.63) is 50.6 Å². The summed E-state index contributed by atoms with van der Waals surface area (Å²) in [6, 6.07) is 11.2. The number of nitrogens with zero attached hydrogens (tertiary/aromatic N) is 1. The summed E-state index contributed by atoms with van der Waals surface area (Å²) < 4.78 is 6.22. The summed E-state index contributed by atoms with van der Waals surface area (Å²) in [5.41, 5.74) is 0.914. The highest BCUT2D eigenvalue weighted by atomic mass is 79.9. The predicted octanol–water partition coefficient (Wildman–Crippen LogP) is 3.15. The van der Waals surface area contributed by atoms with E-state index in [9.17, 15) is 9.90 Å². The number of carbonyl (C=O) groups is 1. The van der Waals surface area contributed by atoms with Gasteiger partial charge in [0.15, 0.2) is 0 Å². The van der Waals surface area contributed by atoms with Crippen LogP contribution < -0.4 is 4.74 Å². The van der Waals surface area contributed by atoms with Gasteiger partial charge in [-0.1, -0.05) is 18.2 Å². The summed E-state index contributed by atoms with van der Waals surface area (Å²) in [7, 11) is 1.60. The Morgan fingerprint density at radius 2 is 2.10 bits per heavy atom. The van der Waals surface area contributed by atoms with Gasteiger partial charge in [-0.2, -0.15) is 0 Å². The fourth-order valence-corrected chi connectivity index (χ4v) is 3.35. The van der Waals surface area contributed by atoms with Gasteiger partial charge in [-0.05, 0) is 34.1 Å². The van der Waals surface area contributed by atoms with Crippen LogP contribution in [-0.4, -0.2) is 36.2 Å². The molecule has 0 aliphatic carbocycles. The van der Waals surface area contributed by atoms with Crippen molar-refractivity contribution in [1.82, 2.24) is 4.90 Å². The number of rotatable bonds is 6. The van der Waals surface area contributed by atoms with Crippen LogP contribution in [0.4, 0.5) is 0 Å². The molecule has 0 fully saturated rings. The van der Waals surface area contributed by atoms with Crippen LogP contribution in [0.3, 0.4) is 0 Å². The van der Waals surface area contributed by atoms with Gasteiger partial charge in [-0.15, -0.1) is 11.3 Å². The Bertz CT molecular complexity index is 614. The van der Waals surface area contributed by atoms with Crippen LogP contribution in [0, 0.1) is 0 Å². The summed E-state index contributed by atoms with van der Waals surface area (Å²) >= 11 is 4.74. The zero-order valence-electron chi connectivity index (χ0n) is 11.6. The van der Waals surface area contributed by atoms with E-state index < -0.39 is 0 Å². The average molecular weight is 370 g/mol. The second-order valence-electron chi connectivity index (χ2n) is 4.37. The number of aliphatic hydroxyl groups excluding tert-OH is 1. The maximum Gasteiger partial charge on any atom is 0.264 e. The van der Waals surface area contributed by atoms with Gasteiger partial charge in [0.25, 0.3) is 5.91 Å². The van der Waals surface area contributed by atoms with Gasteiger partial charge in [0.2, 0.25) is 0 Å². The highest BCUT2D eigenvalue weighted by Crippen LogP contribution is 2.25.